The van der Waals surface area contributed by atoms with Crippen LogP contribution in [0.4, 0.5) is 0 Å². The first kappa shape index (κ1) is 31.0. The summed E-state index contributed by atoms with van der Waals surface area (Å²) < 4.78 is 58.3. The second-order valence-corrected chi connectivity index (χ2v) is 14.1. The maximum absolute atomic E-state index is 14.7. The van der Waals surface area contributed by atoms with Crippen LogP contribution in [0.3, 0.4) is 0 Å². The lowest BCUT2D eigenvalue weighted by Gasteiger charge is -2.38. The first-order valence-electron chi connectivity index (χ1n) is 13.0. The number of rotatable bonds is 16. The van der Waals surface area contributed by atoms with Crippen molar-refractivity contribution in [3.63, 3.8) is 0 Å². The van der Waals surface area contributed by atoms with Gasteiger partial charge in [0.25, 0.3) is 5.08 Å². The number of hydrogen-bond donors (Lipinski definition) is 1. The summed E-state index contributed by atoms with van der Waals surface area (Å²) in [5.74, 6) is 0. The molecule has 0 saturated heterocycles. The quantitative estimate of drug-likeness (QED) is 0.133. The van der Waals surface area contributed by atoms with Gasteiger partial charge in [0.1, 0.15) is 0 Å². The average molecular weight is 597 g/mol. The van der Waals surface area contributed by atoms with Crippen LogP contribution >= 0.6 is 15.2 Å². The highest BCUT2D eigenvalue weighted by molar-refractivity contribution is 7.73. The summed E-state index contributed by atoms with van der Waals surface area (Å²) in [6, 6.07) is 35.9. The van der Waals surface area contributed by atoms with Crippen LogP contribution in [0.5, 0.6) is 0 Å². The smallest absolute Gasteiger partial charge is 0.377 e. The highest BCUT2D eigenvalue weighted by Gasteiger charge is 2.65. The van der Waals surface area contributed by atoms with E-state index in [0.717, 1.165) is 0 Å². The predicted molar refractivity (Wildman–Crippen MR) is 157 cm³/mol. The number of hydrogen-bond acceptors (Lipinski definition) is 8. The summed E-state index contributed by atoms with van der Waals surface area (Å²) in [6.07, 6.45) is 0. The highest BCUT2D eigenvalue weighted by Crippen LogP contribution is 2.77. The fourth-order valence-corrected chi connectivity index (χ4v) is 8.64. The van der Waals surface area contributed by atoms with Crippen LogP contribution < -0.4 is 0 Å². The molecule has 0 radical (unpaired) electrons. The molecule has 4 rings (SSSR count). The molecule has 0 unspecified atom stereocenters. The third-order valence-corrected chi connectivity index (χ3v) is 11.5. The van der Waals surface area contributed by atoms with Crippen LogP contribution in [-0.2, 0) is 58.4 Å². The Bertz CT molecular complexity index is 1220. The molecule has 4 aromatic rings. The van der Waals surface area contributed by atoms with Crippen LogP contribution in [0.1, 0.15) is 22.3 Å². The minimum atomic E-state index is -4.74. The molecule has 0 fully saturated rings. The molecule has 0 aliphatic rings. The molecular formula is C31H34O8P2. The van der Waals surface area contributed by atoms with Gasteiger partial charge in [0.05, 0.1) is 33.0 Å². The van der Waals surface area contributed by atoms with Gasteiger partial charge in [-0.05, 0) is 22.3 Å². The summed E-state index contributed by atoms with van der Waals surface area (Å²) >= 11 is 0. The lowest BCUT2D eigenvalue weighted by molar-refractivity contribution is 0.0189. The Kier molecular flexibility index (Phi) is 11.2. The Hall–Kier alpha value is -2.90. The van der Waals surface area contributed by atoms with Crippen LogP contribution in [0.2, 0.25) is 0 Å². The first-order valence-corrected chi connectivity index (χ1v) is 16.1. The molecule has 0 amide bonds. The van der Waals surface area contributed by atoms with Crippen molar-refractivity contribution < 1.29 is 37.1 Å². The zero-order valence-electron chi connectivity index (χ0n) is 22.8. The van der Waals surface area contributed by atoms with Gasteiger partial charge in [-0.1, -0.05) is 121 Å². The Morgan fingerprint density at radius 2 is 0.756 bits per heavy atom. The number of aliphatic hydroxyl groups is 1. The van der Waals surface area contributed by atoms with E-state index in [1.54, 1.807) is 97.1 Å². The molecule has 8 nitrogen and oxygen atoms in total. The molecular weight excluding hydrogens is 562 g/mol. The number of benzene rings is 4. The van der Waals surface area contributed by atoms with E-state index in [-0.39, 0.29) is 26.4 Å². The minimum Gasteiger partial charge on any atom is -0.380 e. The standard InChI is InChI=1S/C31H34O8P2/c1-35-26-31(32,40(33,36-22-27-14-6-2-7-15-27)37-23-28-16-8-3-9-17-28)41(34,38-24-29-18-10-4-11-19-29)39-25-30-20-12-5-13-21-30/h2-21,32H,22-26H2,1H3. The molecule has 0 spiro atoms. The van der Waals surface area contributed by atoms with Gasteiger partial charge in [-0.15, -0.1) is 0 Å². The van der Waals surface area contributed by atoms with Crippen molar-refractivity contribution in [1.82, 2.24) is 0 Å². The van der Waals surface area contributed by atoms with E-state index < -0.39 is 26.9 Å². The zero-order valence-corrected chi connectivity index (χ0v) is 24.6. The summed E-state index contributed by atoms with van der Waals surface area (Å²) in [5, 5.41) is 9.39. The van der Waals surface area contributed by atoms with E-state index in [9.17, 15) is 14.2 Å². The Morgan fingerprint density at radius 1 is 0.512 bits per heavy atom. The van der Waals surface area contributed by atoms with Crippen molar-refractivity contribution in [3.8, 4) is 0 Å². The second-order valence-electron chi connectivity index (χ2n) is 9.24. The van der Waals surface area contributed by atoms with Gasteiger partial charge >= 0.3 is 15.2 Å². The molecule has 0 heterocycles. The van der Waals surface area contributed by atoms with Gasteiger partial charge < -0.3 is 27.9 Å². The van der Waals surface area contributed by atoms with E-state index in [2.05, 4.69) is 0 Å². The molecule has 0 aromatic heterocycles. The van der Waals surface area contributed by atoms with Crippen molar-refractivity contribution in [2.45, 2.75) is 31.5 Å². The third kappa shape index (κ3) is 8.10. The molecule has 0 bridgehead atoms. The van der Waals surface area contributed by atoms with Crippen molar-refractivity contribution in [3.05, 3.63) is 144 Å². The van der Waals surface area contributed by atoms with Crippen LogP contribution in [-0.4, -0.2) is 23.9 Å². The number of methoxy groups -OCH3 is 1. The SMILES string of the molecule is COCC(O)(P(=O)(OCc1ccccc1)OCc1ccccc1)P(=O)(OCc1ccccc1)OCc1ccccc1. The summed E-state index contributed by atoms with van der Waals surface area (Å²) in [4.78, 5) is 0. The summed E-state index contributed by atoms with van der Waals surface area (Å²) in [5.41, 5.74) is 2.67. The Morgan fingerprint density at radius 3 is 0.976 bits per heavy atom. The Labute approximate surface area is 240 Å². The molecule has 0 atom stereocenters. The van der Waals surface area contributed by atoms with E-state index in [0.29, 0.717) is 22.3 Å². The van der Waals surface area contributed by atoms with Crippen molar-refractivity contribution in [1.29, 1.82) is 0 Å². The molecule has 10 heteroatoms. The second kappa shape index (κ2) is 14.8. The first-order chi connectivity index (χ1) is 19.9. The lowest BCUT2D eigenvalue weighted by Crippen LogP contribution is -2.37. The van der Waals surface area contributed by atoms with E-state index in [1.807, 2.05) is 24.3 Å². The van der Waals surface area contributed by atoms with Gasteiger partial charge in [0.2, 0.25) is 0 Å². The molecule has 0 saturated carbocycles. The number of ether oxygens (including phenoxy) is 1. The van der Waals surface area contributed by atoms with Crippen molar-refractivity contribution >= 4 is 15.2 Å². The molecule has 41 heavy (non-hydrogen) atoms. The topological polar surface area (TPSA) is 101 Å². The van der Waals surface area contributed by atoms with Crippen LogP contribution in [0.25, 0.3) is 0 Å². The maximum atomic E-state index is 14.7. The average Bonchev–Trinajstić information content (AvgIpc) is 3.03. The largest absolute Gasteiger partial charge is 0.380 e. The Balaban J connectivity index is 1.73. The van der Waals surface area contributed by atoms with Crippen molar-refractivity contribution in [2.24, 2.45) is 0 Å². The van der Waals surface area contributed by atoms with Gasteiger partial charge in [0, 0.05) is 7.11 Å². The van der Waals surface area contributed by atoms with Gasteiger partial charge in [0.15, 0.2) is 0 Å². The predicted octanol–water partition coefficient (Wildman–Crippen LogP) is 7.53. The van der Waals surface area contributed by atoms with E-state index >= 15 is 0 Å². The molecule has 1 N–H and O–H groups in total. The monoisotopic (exact) mass is 596 g/mol. The minimum absolute atomic E-state index is 0.198. The normalized spacial score (nSPS) is 12.3. The highest BCUT2D eigenvalue weighted by atomic mass is 31.2. The van der Waals surface area contributed by atoms with Gasteiger partial charge in [-0.3, -0.25) is 9.13 Å². The maximum Gasteiger partial charge on any atom is 0.377 e. The summed E-state index contributed by atoms with van der Waals surface area (Å²) in [7, 11) is -8.19. The third-order valence-electron chi connectivity index (χ3n) is 6.19. The van der Waals surface area contributed by atoms with E-state index in [4.69, 9.17) is 22.8 Å². The van der Waals surface area contributed by atoms with E-state index in [1.165, 1.54) is 7.11 Å². The summed E-state index contributed by atoms with van der Waals surface area (Å²) in [6.45, 7) is -1.51. The molecule has 4 aromatic carbocycles. The van der Waals surface area contributed by atoms with Gasteiger partial charge in [-0.2, -0.15) is 0 Å². The van der Waals surface area contributed by atoms with Crippen molar-refractivity contribution in [2.75, 3.05) is 13.7 Å². The van der Waals surface area contributed by atoms with Gasteiger partial charge in [-0.25, -0.2) is 0 Å². The zero-order chi connectivity index (χ0) is 29.0. The fraction of sp³-hybridized carbons (Fsp3) is 0.226. The lowest BCUT2D eigenvalue weighted by atomic mass is 10.2. The van der Waals surface area contributed by atoms with Crippen LogP contribution in [0, 0.1) is 0 Å². The van der Waals surface area contributed by atoms with Crippen LogP contribution in [0.15, 0.2) is 121 Å². The molecule has 216 valence electrons. The molecule has 0 aliphatic carbocycles. The molecule has 0 aliphatic heterocycles. The fourth-order valence-electron chi connectivity index (χ4n) is 3.92.